The van der Waals surface area contributed by atoms with Crippen LogP contribution in [0.5, 0.6) is 5.75 Å². The Kier molecular flexibility index (Phi) is 4.90. The molecule has 0 bridgehead atoms. The predicted octanol–water partition coefficient (Wildman–Crippen LogP) is 1.79. The number of hydrogen-bond acceptors (Lipinski definition) is 4. The Morgan fingerprint density at radius 1 is 1.59 bits per heavy atom. The molecule has 0 saturated carbocycles. The first-order valence-electron chi connectivity index (χ1n) is 5.35. The Balaban J connectivity index is 2.65. The molecule has 94 valence electrons. The number of aliphatic hydroxyl groups is 1. The highest BCUT2D eigenvalue weighted by Crippen LogP contribution is 2.21. The van der Waals surface area contributed by atoms with Gasteiger partial charge in [0.2, 0.25) is 0 Å². The number of hydrogen-bond donors (Lipinski definition) is 2. The van der Waals surface area contributed by atoms with Crippen LogP contribution in [0.3, 0.4) is 0 Å². The number of anilines is 1. The number of halogens is 1. The summed E-state index contributed by atoms with van der Waals surface area (Å²) in [6.45, 7) is 3.70. The number of carbonyl (C=O) groups is 1. The van der Waals surface area contributed by atoms with Crippen molar-refractivity contribution >= 4 is 11.7 Å². The summed E-state index contributed by atoms with van der Waals surface area (Å²) in [6, 6.07) is 4.26. The van der Waals surface area contributed by atoms with Gasteiger partial charge in [0.1, 0.15) is 0 Å². The number of aliphatic hydroxyl groups excluding tert-OH is 1. The van der Waals surface area contributed by atoms with Crippen molar-refractivity contribution in [3.63, 3.8) is 0 Å². The number of ether oxygens (including phenoxy) is 1. The van der Waals surface area contributed by atoms with Gasteiger partial charge in [0.15, 0.2) is 11.6 Å². The van der Waals surface area contributed by atoms with Crippen molar-refractivity contribution in [3.05, 3.63) is 24.0 Å². The van der Waals surface area contributed by atoms with Crippen molar-refractivity contribution in [3.8, 4) is 5.75 Å². The van der Waals surface area contributed by atoms with Gasteiger partial charge < -0.3 is 15.2 Å². The summed E-state index contributed by atoms with van der Waals surface area (Å²) >= 11 is 0. The zero-order chi connectivity index (χ0) is 12.8. The van der Waals surface area contributed by atoms with Crippen LogP contribution in [0.25, 0.3) is 0 Å². The number of nitrogens with one attached hydrogen (secondary N) is 1. The molecular weight excluding hydrogens is 225 g/mol. The van der Waals surface area contributed by atoms with Crippen LogP contribution >= 0.6 is 0 Å². The highest BCUT2D eigenvalue weighted by molar-refractivity contribution is 5.69. The number of benzene rings is 1. The minimum atomic E-state index is -0.596. The number of rotatable bonds is 5. The first-order chi connectivity index (χ1) is 8.02. The normalized spacial score (nSPS) is 12.0. The third-order valence-electron chi connectivity index (χ3n) is 2.15. The van der Waals surface area contributed by atoms with E-state index in [0.29, 0.717) is 12.2 Å². The van der Waals surface area contributed by atoms with Gasteiger partial charge in [-0.3, -0.25) is 4.79 Å². The maximum absolute atomic E-state index is 13.5. The second-order valence-corrected chi connectivity index (χ2v) is 3.91. The fourth-order valence-electron chi connectivity index (χ4n) is 1.21. The lowest BCUT2D eigenvalue weighted by Crippen LogP contribution is -2.14. The predicted molar refractivity (Wildman–Crippen MR) is 62.4 cm³/mol. The number of carbonyl (C=O) groups excluding carboxylic acids is 1. The lowest BCUT2D eigenvalue weighted by Gasteiger charge is -2.11. The largest absolute Gasteiger partial charge is 0.424 e. The van der Waals surface area contributed by atoms with Gasteiger partial charge >= 0.3 is 5.97 Å². The molecule has 0 fully saturated rings. The molecule has 2 N–H and O–H groups in total. The van der Waals surface area contributed by atoms with E-state index in [1.807, 2.05) is 6.92 Å². The molecule has 0 aliphatic heterocycles. The standard InChI is InChI=1S/C12H16FNO3/c1-8(7-15)6-14-10-3-4-12(11(13)5-10)17-9(2)16/h3-5,8,14-15H,6-7H2,1-2H3/t8-/m1/s1. The Morgan fingerprint density at radius 3 is 2.82 bits per heavy atom. The minimum Gasteiger partial charge on any atom is -0.424 e. The Morgan fingerprint density at radius 2 is 2.29 bits per heavy atom. The molecule has 17 heavy (non-hydrogen) atoms. The average Bonchev–Trinajstić information content (AvgIpc) is 2.28. The van der Waals surface area contributed by atoms with Gasteiger partial charge in [0, 0.05) is 31.8 Å². The lowest BCUT2D eigenvalue weighted by atomic mass is 10.2. The Hall–Kier alpha value is -1.62. The molecule has 1 aromatic rings. The highest BCUT2D eigenvalue weighted by atomic mass is 19.1. The monoisotopic (exact) mass is 241 g/mol. The summed E-state index contributed by atoms with van der Waals surface area (Å²) in [5.74, 6) is -1.15. The van der Waals surface area contributed by atoms with Crippen molar-refractivity contribution in [2.45, 2.75) is 13.8 Å². The summed E-state index contributed by atoms with van der Waals surface area (Å²) in [5, 5.41) is 11.8. The molecule has 5 heteroatoms. The van der Waals surface area contributed by atoms with Crippen LogP contribution in [0.2, 0.25) is 0 Å². The van der Waals surface area contributed by atoms with E-state index in [0.717, 1.165) is 0 Å². The quantitative estimate of drug-likeness (QED) is 0.609. The van der Waals surface area contributed by atoms with Crippen molar-refractivity contribution < 1.29 is 19.0 Å². The van der Waals surface area contributed by atoms with Crippen LogP contribution in [-0.4, -0.2) is 24.2 Å². The Labute approximate surface area is 99.4 Å². The van der Waals surface area contributed by atoms with Gasteiger partial charge in [-0.15, -0.1) is 0 Å². The van der Waals surface area contributed by atoms with Crippen LogP contribution in [0.15, 0.2) is 18.2 Å². The smallest absolute Gasteiger partial charge is 0.308 e. The van der Waals surface area contributed by atoms with Crippen LogP contribution in [0.4, 0.5) is 10.1 Å². The molecule has 0 radical (unpaired) electrons. The van der Waals surface area contributed by atoms with Crippen molar-refractivity contribution in [2.75, 3.05) is 18.5 Å². The molecular formula is C12H16FNO3. The molecule has 0 spiro atoms. The van der Waals surface area contributed by atoms with Gasteiger partial charge in [0.25, 0.3) is 0 Å². The van der Waals surface area contributed by atoms with Crippen molar-refractivity contribution in [1.29, 1.82) is 0 Å². The molecule has 0 saturated heterocycles. The fraction of sp³-hybridized carbons (Fsp3) is 0.417. The summed E-state index contributed by atoms with van der Waals surface area (Å²) < 4.78 is 18.1. The zero-order valence-electron chi connectivity index (χ0n) is 9.87. The van der Waals surface area contributed by atoms with Gasteiger partial charge in [-0.05, 0) is 18.1 Å². The maximum atomic E-state index is 13.5. The molecule has 0 aliphatic rings. The molecule has 1 rings (SSSR count). The first kappa shape index (κ1) is 13.4. The van der Waals surface area contributed by atoms with Gasteiger partial charge in [-0.25, -0.2) is 4.39 Å². The topological polar surface area (TPSA) is 58.6 Å². The molecule has 0 unspecified atom stereocenters. The van der Waals surface area contributed by atoms with E-state index >= 15 is 0 Å². The van der Waals surface area contributed by atoms with Crippen LogP contribution in [-0.2, 0) is 4.79 Å². The first-order valence-corrected chi connectivity index (χ1v) is 5.35. The lowest BCUT2D eigenvalue weighted by molar-refractivity contribution is -0.132. The molecule has 0 aromatic heterocycles. The van der Waals surface area contributed by atoms with Crippen LogP contribution < -0.4 is 10.1 Å². The molecule has 0 aliphatic carbocycles. The summed E-state index contributed by atoms with van der Waals surface area (Å²) in [7, 11) is 0. The molecule has 1 aromatic carbocycles. The third kappa shape index (κ3) is 4.40. The van der Waals surface area contributed by atoms with E-state index in [2.05, 4.69) is 10.1 Å². The van der Waals surface area contributed by atoms with E-state index in [9.17, 15) is 9.18 Å². The molecule has 0 heterocycles. The summed E-state index contributed by atoms with van der Waals surface area (Å²) in [6.07, 6.45) is 0. The van der Waals surface area contributed by atoms with E-state index in [1.165, 1.54) is 19.1 Å². The van der Waals surface area contributed by atoms with Crippen molar-refractivity contribution in [2.24, 2.45) is 5.92 Å². The van der Waals surface area contributed by atoms with Crippen LogP contribution in [0.1, 0.15) is 13.8 Å². The van der Waals surface area contributed by atoms with Gasteiger partial charge in [-0.1, -0.05) is 6.92 Å². The van der Waals surface area contributed by atoms with E-state index < -0.39 is 11.8 Å². The number of esters is 1. The van der Waals surface area contributed by atoms with Crippen LogP contribution in [0, 0.1) is 11.7 Å². The second kappa shape index (κ2) is 6.20. The Bertz CT molecular complexity index is 395. The molecule has 1 atom stereocenters. The van der Waals surface area contributed by atoms with Gasteiger partial charge in [-0.2, -0.15) is 0 Å². The maximum Gasteiger partial charge on any atom is 0.308 e. The molecule has 4 nitrogen and oxygen atoms in total. The van der Waals surface area contributed by atoms with E-state index in [-0.39, 0.29) is 18.3 Å². The van der Waals surface area contributed by atoms with Gasteiger partial charge in [0.05, 0.1) is 0 Å². The molecule has 0 amide bonds. The average molecular weight is 241 g/mol. The highest BCUT2D eigenvalue weighted by Gasteiger charge is 2.07. The zero-order valence-corrected chi connectivity index (χ0v) is 9.87. The second-order valence-electron chi connectivity index (χ2n) is 3.91. The minimum absolute atomic E-state index is 0.0704. The van der Waals surface area contributed by atoms with E-state index in [1.54, 1.807) is 6.07 Å². The summed E-state index contributed by atoms with van der Waals surface area (Å²) in [5.41, 5.74) is 0.582. The third-order valence-corrected chi connectivity index (χ3v) is 2.15. The van der Waals surface area contributed by atoms with Crippen molar-refractivity contribution in [1.82, 2.24) is 0 Å². The fourth-order valence-corrected chi connectivity index (χ4v) is 1.21. The summed E-state index contributed by atoms with van der Waals surface area (Å²) in [4.78, 5) is 10.7. The van der Waals surface area contributed by atoms with E-state index in [4.69, 9.17) is 5.11 Å². The SMILES string of the molecule is CC(=O)Oc1ccc(NC[C@@H](C)CO)cc1F.